The van der Waals surface area contributed by atoms with Gasteiger partial charge in [0.05, 0.1) is 19.8 Å². The van der Waals surface area contributed by atoms with Crippen LogP contribution < -0.4 is 10.5 Å². The highest BCUT2D eigenvalue weighted by atomic mass is 16.5. The quantitative estimate of drug-likeness (QED) is 0.843. The van der Waals surface area contributed by atoms with Crippen LogP contribution in [0.1, 0.15) is 5.56 Å². The summed E-state index contributed by atoms with van der Waals surface area (Å²) in [5.74, 6) is 0.925. The highest BCUT2D eigenvalue weighted by Gasteiger charge is 2.18. The molecule has 0 saturated carbocycles. The molecule has 0 bridgehead atoms. The summed E-state index contributed by atoms with van der Waals surface area (Å²) in [6.07, 6.45) is 1.23. The Balaban J connectivity index is 1.83. The van der Waals surface area contributed by atoms with Gasteiger partial charge in [0.25, 0.3) is 0 Å². The molecule has 1 fully saturated rings. The van der Waals surface area contributed by atoms with E-state index < -0.39 is 0 Å². The molecule has 100 valence electrons. The van der Waals surface area contributed by atoms with Crippen molar-refractivity contribution in [2.24, 2.45) is 5.73 Å². The van der Waals surface area contributed by atoms with E-state index in [9.17, 15) is 0 Å². The van der Waals surface area contributed by atoms with Crippen LogP contribution in [-0.4, -0.2) is 50.9 Å². The van der Waals surface area contributed by atoms with Crippen LogP contribution in [0.3, 0.4) is 0 Å². The van der Waals surface area contributed by atoms with Crippen LogP contribution in [0, 0.1) is 0 Å². The zero-order valence-electron chi connectivity index (χ0n) is 11.0. The first-order valence-corrected chi connectivity index (χ1v) is 6.49. The molecule has 18 heavy (non-hydrogen) atoms. The van der Waals surface area contributed by atoms with E-state index in [0.29, 0.717) is 6.54 Å². The minimum atomic E-state index is 0.198. The van der Waals surface area contributed by atoms with Gasteiger partial charge < -0.3 is 15.2 Å². The number of rotatable bonds is 5. The average molecular weight is 250 g/mol. The van der Waals surface area contributed by atoms with Crippen molar-refractivity contribution in [3.05, 3.63) is 29.8 Å². The lowest BCUT2D eigenvalue weighted by atomic mass is 10.1. The maximum atomic E-state index is 5.64. The van der Waals surface area contributed by atoms with Crippen molar-refractivity contribution in [2.45, 2.75) is 12.5 Å². The summed E-state index contributed by atoms with van der Waals surface area (Å²) in [5, 5.41) is 0. The summed E-state index contributed by atoms with van der Waals surface area (Å²) in [6, 6.07) is 8.25. The van der Waals surface area contributed by atoms with Gasteiger partial charge in [-0.3, -0.25) is 4.90 Å². The Morgan fingerprint density at radius 2 is 2.39 bits per heavy atom. The molecule has 0 aromatic heterocycles. The Morgan fingerprint density at radius 3 is 3.17 bits per heavy atom. The first kappa shape index (κ1) is 13.3. The second kappa shape index (κ2) is 6.73. The second-order valence-corrected chi connectivity index (χ2v) is 4.63. The molecule has 0 spiro atoms. The second-order valence-electron chi connectivity index (χ2n) is 4.63. The number of methoxy groups -OCH3 is 1. The predicted molar refractivity (Wildman–Crippen MR) is 71.9 cm³/mol. The number of hydrogen-bond donors (Lipinski definition) is 1. The molecule has 1 aromatic carbocycles. The summed E-state index contributed by atoms with van der Waals surface area (Å²) in [5.41, 5.74) is 6.95. The molecule has 4 nitrogen and oxygen atoms in total. The molecule has 0 aliphatic carbocycles. The monoisotopic (exact) mass is 250 g/mol. The summed E-state index contributed by atoms with van der Waals surface area (Å²) >= 11 is 0. The zero-order chi connectivity index (χ0) is 12.8. The van der Waals surface area contributed by atoms with Crippen LogP contribution in [0.25, 0.3) is 0 Å². The van der Waals surface area contributed by atoms with Crippen LogP contribution in [-0.2, 0) is 11.2 Å². The third-order valence-corrected chi connectivity index (χ3v) is 3.34. The van der Waals surface area contributed by atoms with Crippen LogP contribution >= 0.6 is 0 Å². The lowest BCUT2D eigenvalue weighted by Crippen LogP contribution is -2.46. The van der Waals surface area contributed by atoms with Gasteiger partial charge in [-0.1, -0.05) is 12.1 Å². The van der Waals surface area contributed by atoms with Crippen molar-refractivity contribution in [3.8, 4) is 5.75 Å². The summed E-state index contributed by atoms with van der Waals surface area (Å²) < 4.78 is 10.8. The largest absolute Gasteiger partial charge is 0.497 e. The van der Waals surface area contributed by atoms with E-state index in [1.165, 1.54) is 5.56 Å². The van der Waals surface area contributed by atoms with E-state index in [1.54, 1.807) is 7.11 Å². The third-order valence-electron chi connectivity index (χ3n) is 3.34. The number of nitrogens with two attached hydrogens (primary N) is 1. The van der Waals surface area contributed by atoms with Crippen LogP contribution in [0.15, 0.2) is 24.3 Å². The van der Waals surface area contributed by atoms with Gasteiger partial charge in [-0.05, 0) is 24.1 Å². The SMILES string of the molecule is COc1cccc(CCN2CCOC(CN)C2)c1. The molecule has 1 aliphatic rings. The van der Waals surface area contributed by atoms with E-state index >= 15 is 0 Å². The molecule has 2 N–H and O–H groups in total. The molecule has 2 rings (SSSR count). The maximum Gasteiger partial charge on any atom is 0.119 e. The molecule has 1 aliphatic heterocycles. The molecule has 1 aromatic rings. The molecule has 1 heterocycles. The molecule has 0 radical (unpaired) electrons. The molecular formula is C14H22N2O2. The van der Waals surface area contributed by atoms with E-state index in [4.69, 9.17) is 15.2 Å². The average Bonchev–Trinajstić information content (AvgIpc) is 2.45. The van der Waals surface area contributed by atoms with Gasteiger partial charge in [-0.25, -0.2) is 0 Å². The molecular weight excluding hydrogens is 228 g/mol. The van der Waals surface area contributed by atoms with E-state index in [2.05, 4.69) is 17.0 Å². The lowest BCUT2D eigenvalue weighted by molar-refractivity contribution is -0.0226. The van der Waals surface area contributed by atoms with Crippen molar-refractivity contribution in [1.82, 2.24) is 4.90 Å². The number of hydrogen-bond acceptors (Lipinski definition) is 4. The smallest absolute Gasteiger partial charge is 0.119 e. The van der Waals surface area contributed by atoms with Gasteiger partial charge in [0.15, 0.2) is 0 Å². The molecule has 1 saturated heterocycles. The van der Waals surface area contributed by atoms with Gasteiger partial charge in [-0.15, -0.1) is 0 Å². The minimum absolute atomic E-state index is 0.198. The summed E-state index contributed by atoms with van der Waals surface area (Å²) in [4.78, 5) is 2.42. The molecule has 4 heteroatoms. The van der Waals surface area contributed by atoms with Crippen LogP contribution in [0.4, 0.5) is 0 Å². The first-order chi connectivity index (χ1) is 8.81. The number of nitrogens with zero attached hydrogens (tertiary/aromatic N) is 1. The normalized spacial score (nSPS) is 20.9. The molecule has 1 atom stereocenters. The van der Waals surface area contributed by atoms with Gasteiger partial charge in [0, 0.05) is 26.2 Å². The fourth-order valence-corrected chi connectivity index (χ4v) is 2.24. The third kappa shape index (κ3) is 3.70. The Morgan fingerprint density at radius 1 is 1.50 bits per heavy atom. The number of ether oxygens (including phenoxy) is 2. The fourth-order valence-electron chi connectivity index (χ4n) is 2.24. The Hall–Kier alpha value is -1.10. The maximum absolute atomic E-state index is 5.64. The van der Waals surface area contributed by atoms with Gasteiger partial charge >= 0.3 is 0 Å². The Labute approximate surface area is 109 Å². The van der Waals surface area contributed by atoms with Gasteiger partial charge in [0.2, 0.25) is 0 Å². The lowest BCUT2D eigenvalue weighted by Gasteiger charge is -2.32. The van der Waals surface area contributed by atoms with E-state index in [0.717, 1.165) is 38.4 Å². The Bertz CT molecular complexity index is 371. The van der Waals surface area contributed by atoms with Gasteiger partial charge in [0.1, 0.15) is 5.75 Å². The van der Waals surface area contributed by atoms with Crippen molar-refractivity contribution in [2.75, 3.05) is 39.9 Å². The van der Waals surface area contributed by atoms with Crippen molar-refractivity contribution in [3.63, 3.8) is 0 Å². The van der Waals surface area contributed by atoms with Crippen LogP contribution in [0.2, 0.25) is 0 Å². The highest BCUT2D eigenvalue weighted by molar-refractivity contribution is 5.28. The minimum Gasteiger partial charge on any atom is -0.497 e. The summed E-state index contributed by atoms with van der Waals surface area (Å²) in [6.45, 7) is 4.39. The van der Waals surface area contributed by atoms with E-state index in [1.807, 2.05) is 12.1 Å². The molecule has 1 unspecified atom stereocenters. The highest BCUT2D eigenvalue weighted by Crippen LogP contribution is 2.14. The predicted octanol–water partition coefficient (Wildman–Crippen LogP) is 0.897. The molecule has 0 amide bonds. The standard InChI is InChI=1S/C14H22N2O2/c1-17-13-4-2-3-12(9-13)5-6-16-7-8-18-14(10-15)11-16/h2-4,9,14H,5-8,10-11,15H2,1H3. The fraction of sp³-hybridized carbons (Fsp3) is 0.571. The Kier molecular flexibility index (Phi) is 4.99. The first-order valence-electron chi connectivity index (χ1n) is 6.49. The van der Waals surface area contributed by atoms with Gasteiger partial charge in [-0.2, -0.15) is 0 Å². The topological polar surface area (TPSA) is 47.7 Å². The van der Waals surface area contributed by atoms with Crippen molar-refractivity contribution >= 4 is 0 Å². The van der Waals surface area contributed by atoms with E-state index in [-0.39, 0.29) is 6.10 Å². The van der Waals surface area contributed by atoms with Crippen molar-refractivity contribution < 1.29 is 9.47 Å². The summed E-state index contributed by atoms with van der Waals surface area (Å²) in [7, 11) is 1.70. The zero-order valence-corrected chi connectivity index (χ0v) is 11.0. The van der Waals surface area contributed by atoms with Crippen molar-refractivity contribution in [1.29, 1.82) is 0 Å². The number of morpholine rings is 1. The van der Waals surface area contributed by atoms with Crippen LogP contribution in [0.5, 0.6) is 5.75 Å². The number of benzene rings is 1.